The van der Waals surface area contributed by atoms with Crippen LogP contribution in [0.15, 0.2) is 41.0 Å². The van der Waals surface area contributed by atoms with Crippen LogP contribution in [0, 0.1) is 6.92 Å². The Morgan fingerprint density at radius 2 is 1.83 bits per heavy atom. The number of aromatic nitrogens is 2. The van der Waals surface area contributed by atoms with Crippen molar-refractivity contribution in [1.29, 1.82) is 0 Å². The highest BCUT2D eigenvalue weighted by Gasteiger charge is 2.23. The number of carbonyl (C=O) groups excluding carboxylic acids is 1. The van der Waals surface area contributed by atoms with E-state index in [1.54, 1.807) is 19.0 Å². The highest BCUT2D eigenvalue weighted by atomic mass is 79.9. The van der Waals surface area contributed by atoms with Gasteiger partial charge in [-0.1, -0.05) is 12.1 Å². The Bertz CT molecular complexity index is 1060. The van der Waals surface area contributed by atoms with Crippen molar-refractivity contribution in [3.8, 4) is 0 Å². The maximum absolute atomic E-state index is 12.1. The SMILES string of the molecule is Cc1c(CN2CCC(c3ccc(C(=O)N(C)C)cc3)CC2)n(C)c2nccc(Br)c12. The van der Waals surface area contributed by atoms with Gasteiger partial charge in [0, 0.05) is 55.0 Å². The summed E-state index contributed by atoms with van der Waals surface area (Å²) in [5.41, 5.74) is 5.80. The molecule has 0 bridgehead atoms. The second-order valence-corrected chi connectivity index (χ2v) is 9.35. The minimum atomic E-state index is 0.0582. The van der Waals surface area contributed by atoms with Crippen molar-refractivity contribution < 1.29 is 4.79 Å². The Morgan fingerprint density at radius 3 is 2.43 bits per heavy atom. The lowest BCUT2D eigenvalue weighted by atomic mass is 9.89. The zero-order chi connectivity index (χ0) is 21.4. The van der Waals surface area contributed by atoms with Crippen LogP contribution in [0.25, 0.3) is 11.0 Å². The van der Waals surface area contributed by atoms with E-state index in [4.69, 9.17) is 0 Å². The molecule has 1 aliphatic heterocycles. The topological polar surface area (TPSA) is 41.4 Å². The number of hydrogen-bond donors (Lipinski definition) is 0. The fourth-order valence-electron chi connectivity index (χ4n) is 4.57. The molecular weight excluding hydrogens is 440 g/mol. The van der Waals surface area contributed by atoms with Crippen LogP contribution in [0.2, 0.25) is 0 Å². The highest BCUT2D eigenvalue weighted by Crippen LogP contribution is 2.32. The molecule has 158 valence electrons. The van der Waals surface area contributed by atoms with Gasteiger partial charge in [0.05, 0.1) is 0 Å². The number of pyridine rings is 1. The zero-order valence-corrected chi connectivity index (χ0v) is 19.7. The van der Waals surface area contributed by atoms with Crippen molar-refractivity contribution in [2.24, 2.45) is 7.05 Å². The second-order valence-electron chi connectivity index (χ2n) is 8.49. The normalized spacial score (nSPS) is 15.6. The lowest BCUT2D eigenvalue weighted by molar-refractivity contribution is 0.0827. The molecule has 0 unspecified atom stereocenters. The van der Waals surface area contributed by atoms with E-state index < -0.39 is 0 Å². The quantitative estimate of drug-likeness (QED) is 0.555. The van der Waals surface area contributed by atoms with E-state index in [2.05, 4.69) is 56.5 Å². The third-order valence-corrected chi connectivity index (χ3v) is 7.07. The van der Waals surface area contributed by atoms with Crippen molar-refractivity contribution in [3.05, 3.63) is 63.4 Å². The van der Waals surface area contributed by atoms with Gasteiger partial charge in [-0.25, -0.2) is 4.98 Å². The Morgan fingerprint density at radius 1 is 1.17 bits per heavy atom. The number of rotatable bonds is 4. The number of piperidine rings is 1. The summed E-state index contributed by atoms with van der Waals surface area (Å²) in [6.07, 6.45) is 4.15. The summed E-state index contributed by atoms with van der Waals surface area (Å²) in [5, 5.41) is 1.22. The molecule has 5 nitrogen and oxygen atoms in total. The Balaban J connectivity index is 1.43. The van der Waals surface area contributed by atoms with Gasteiger partial charge >= 0.3 is 0 Å². The summed E-state index contributed by atoms with van der Waals surface area (Å²) in [6.45, 7) is 5.32. The van der Waals surface area contributed by atoms with Crippen LogP contribution in [0.5, 0.6) is 0 Å². The van der Waals surface area contributed by atoms with Gasteiger partial charge in [-0.05, 0) is 84.0 Å². The molecule has 1 saturated heterocycles. The molecule has 0 spiro atoms. The summed E-state index contributed by atoms with van der Waals surface area (Å²) < 4.78 is 3.35. The summed E-state index contributed by atoms with van der Waals surface area (Å²) in [7, 11) is 5.70. The maximum Gasteiger partial charge on any atom is 0.253 e. The number of halogens is 1. The fourth-order valence-corrected chi connectivity index (χ4v) is 5.16. The van der Waals surface area contributed by atoms with Crippen molar-refractivity contribution in [1.82, 2.24) is 19.4 Å². The molecule has 0 aliphatic carbocycles. The van der Waals surface area contributed by atoms with E-state index >= 15 is 0 Å². The number of hydrogen-bond acceptors (Lipinski definition) is 3. The predicted octanol–water partition coefficient (Wildman–Crippen LogP) is 4.73. The van der Waals surface area contributed by atoms with Crippen molar-refractivity contribution in [3.63, 3.8) is 0 Å². The zero-order valence-electron chi connectivity index (χ0n) is 18.2. The predicted molar refractivity (Wildman–Crippen MR) is 125 cm³/mol. The summed E-state index contributed by atoms with van der Waals surface area (Å²) in [6, 6.07) is 10.2. The molecule has 0 N–H and O–H groups in total. The van der Waals surface area contributed by atoms with Crippen LogP contribution >= 0.6 is 15.9 Å². The van der Waals surface area contributed by atoms with Crippen molar-refractivity contribution >= 4 is 32.9 Å². The molecule has 3 aromatic rings. The van der Waals surface area contributed by atoms with Crippen molar-refractivity contribution in [2.45, 2.75) is 32.2 Å². The minimum absolute atomic E-state index is 0.0582. The van der Waals surface area contributed by atoms with E-state index in [0.717, 1.165) is 48.2 Å². The van der Waals surface area contributed by atoms with E-state index in [-0.39, 0.29) is 5.91 Å². The van der Waals surface area contributed by atoms with E-state index in [1.165, 1.54) is 22.2 Å². The Hall–Kier alpha value is -2.18. The fraction of sp³-hybridized carbons (Fsp3) is 0.417. The minimum Gasteiger partial charge on any atom is -0.345 e. The molecule has 3 heterocycles. The molecule has 1 amide bonds. The largest absolute Gasteiger partial charge is 0.345 e. The van der Waals surface area contributed by atoms with Gasteiger partial charge in [-0.15, -0.1) is 0 Å². The van der Waals surface area contributed by atoms with Crippen LogP contribution in [0.1, 0.15) is 45.9 Å². The number of benzene rings is 1. The standard InChI is InChI=1S/C24H29BrN4O/c1-16-21(28(4)23-22(16)20(25)9-12-26-23)15-29-13-10-18(11-14-29)17-5-7-19(8-6-17)24(30)27(2)3/h5-9,12,18H,10-11,13-15H2,1-4H3. The van der Waals surface area contributed by atoms with E-state index in [9.17, 15) is 4.79 Å². The van der Waals surface area contributed by atoms with Crippen LogP contribution in [-0.2, 0) is 13.6 Å². The van der Waals surface area contributed by atoms with Gasteiger partial charge in [-0.3, -0.25) is 9.69 Å². The first-order valence-corrected chi connectivity index (χ1v) is 11.3. The van der Waals surface area contributed by atoms with Gasteiger partial charge in [0.1, 0.15) is 5.65 Å². The smallest absolute Gasteiger partial charge is 0.253 e. The number of fused-ring (bicyclic) bond motifs is 1. The lowest BCUT2D eigenvalue weighted by Gasteiger charge is -2.32. The summed E-state index contributed by atoms with van der Waals surface area (Å²) in [4.78, 5) is 20.9. The van der Waals surface area contributed by atoms with Gasteiger partial charge in [0.15, 0.2) is 0 Å². The molecule has 0 atom stereocenters. The average Bonchev–Trinajstić information content (AvgIpc) is 2.99. The Kier molecular flexibility index (Phi) is 5.98. The van der Waals surface area contributed by atoms with Gasteiger partial charge < -0.3 is 9.47 Å². The van der Waals surface area contributed by atoms with Crippen LogP contribution < -0.4 is 0 Å². The highest BCUT2D eigenvalue weighted by molar-refractivity contribution is 9.10. The summed E-state index contributed by atoms with van der Waals surface area (Å²) in [5.74, 6) is 0.622. The monoisotopic (exact) mass is 468 g/mol. The molecule has 1 aliphatic rings. The van der Waals surface area contributed by atoms with Gasteiger partial charge in [0.25, 0.3) is 5.91 Å². The number of amides is 1. The molecule has 2 aromatic heterocycles. The van der Waals surface area contributed by atoms with Gasteiger partial charge in [-0.2, -0.15) is 0 Å². The van der Waals surface area contributed by atoms with Crippen LogP contribution in [-0.4, -0.2) is 52.4 Å². The second kappa shape index (κ2) is 8.52. The van der Waals surface area contributed by atoms with Crippen LogP contribution in [0.4, 0.5) is 0 Å². The number of carbonyl (C=O) groups is 1. The Labute approximate surface area is 186 Å². The molecular formula is C24H29BrN4O. The third kappa shape index (κ3) is 3.91. The molecule has 0 radical (unpaired) electrons. The van der Waals surface area contributed by atoms with Crippen LogP contribution in [0.3, 0.4) is 0 Å². The number of aryl methyl sites for hydroxylation is 2. The number of likely N-dealkylation sites (tertiary alicyclic amines) is 1. The molecule has 0 saturated carbocycles. The van der Waals surface area contributed by atoms with Gasteiger partial charge in [0.2, 0.25) is 0 Å². The first kappa shape index (κ1) is 21.1. The molecule has 30 heavy (non-hydrogen) atoms. The lowest BCUT2D eigenvalue weighted by Crippen LogP contribution is -2.33. The molecule has 1 aromatic carbocycles. The van der Waals surface area contributed by atoms with Crippen molar-refractivity contribution in [2.75, 3.05) is 27.2 Å². The third-order valence-electron chi connectivity index (χ3n) is 6.41. The summed E-state index contributed by atoms with van der Waals surface area (Å²) >= 11 is 3.69. The molecule has 6 heteroatoms. The first-order valence-electron chi connectivity index (χ1n) is 10.5. The average molecular weight is 469 g/mol. The van der Waals surface area contributed by atoms with E-state index in [1.807, 2.05) is 24.4 Å². The van der Waals surface area contributed by atoms with E-state index in [0.29, 0.717) is 5.92 Å². The molecule has 1 fully saturated rings. The first-order chi connectivity index (χ1) is 14.4. The molecule has 4 rings (SSSR count). The number of nitrogens with zero attached hydrogens (tertiary/aromatic N) is 4. The maximum atomic E-state index is 12.1.